The maximum Gasteiger partial charge on any atom is 0.323 e. The van der Waals surface area contributed by atoms with E-state index in [9.17, 15) is 9.00 Å². The highest BCUT2D eigenvalue weighted by Crippen LogP contribution is 2.16. The average Bonchev–Trinajstić information content (AvgIpc) is 2.39. The fraction of sp³-hybridized carbons (Fsp3) is 0.133. The standard InChI is InChI=1S/C15H17N3O3S/c1-10-7-11(2)9-14(8-10)17-15(19)16-12-3-5-13(6-4-12)18-22(20)21/h3-9,18H,1-2H3,(H,20,21)(H2,16,17,19). The number of aryl methyl sites for hydroxylation is 2. The minimum atomic E-state index is -2.11. The Balaban J connectivity index is 1.98. The highest BCUT2D eigenvalue weighted by atomic mass is 32.2. The maximum atomic E-state index is 11.9. The Morgan fingerprint density at radius 3 is 1.95 bits per heavy atom. The molecule has 1 unspecified atom stereocenters. The van der Waals surface area contributed by atoms with E-state index in [2.05, 4.69) is 15.4 Å². The molecule has 0 spiro atoms. The summed E-state index contributed by atoms with van der Waals surface area (Å²) < 4.78 is 21.7. The number of amides is 2. The van der Waals surface area contributed by atoms with Gasteiger partial charge in [-0.1, -0.05) is 6.07 Å². The predicted octanol–water partition coefficient (Wildman–Crippen LogP) is 3.50. The second kappa shape index (κ2) is 7.06. The van der Waals surface area contributed by atoms with Gasteiger partial charge in [0.1, 0.15) is 0 Å². The molecule has 0 saturated heterocycles. The first-order valence-corrected chi connectivity index (χ1v) is 7.67. The van der Waals surface area contributed by atoms with E-state index in [1.807, 2.05) is 32.0 Å². The summed E-state index contributed by atoms with van der Waals surface area (Å²) in [5.41, 5.74) is 3.94. The van der Waals surface area contributed by atoms with Gasteiger partial charge in [-0.05, 0) is 61.4 Å². The lowest BCUT2D eigenvalue weighted by molar-refractivity contribution is 0.262. The number of carbonyl (C=O) groups is 1. The Labute approximate surface area is 131 Å². The molecular weight excluding hydrogens is 302 g/mol. The number of benzene rings is 2. The molecule has 22 heavy (non-hydrogen) atoms. The summed E-state index contributed by atoms with van der Waals surface area (Å²) in [6.07, 6.45) is 0. The Morgan fingerprint density at radius 2 is 1.41 bits per heavy atom. The van der Waals surface area contributed by atoms with E-state index in [-0.39, 0.29) is 6.03 Å². The predicted molar refractivity (Wildman–Crippen MR) is 89.4 cm³/mol. The summed E-state index contributed by atoms with van der Waals surface area (Å²) >= 11 is -2.11. The van der Waals surface area contributed by atoms with Gasteiger partial charge in [0.15, 0.2) is 0 Å². The zero-order valence-electron chi connectivity index (χ0n) is 12.2. The lowest BCUT2D eigenvalue weighted by Gasteiger charge is -2.10. The summed E-state index contributed by atoms with van der Waals surface area (Å²) in [6.45, 7) is 3.93. The molecule has 2 amide bonds. The molecule has 2 aromatic carbocycles. The maximum absolute atomic E-state index is 11.9. The molecule has 0 fully saturated rings. The molecule has 0 saturated carbocycles. The fourth-order valence-electron chi connectivity index (χ4n) is 2.06. The van der Waals surface area contributed by atoms with Gasteiger partial charge < -0.3 is 10.6 Å². The first-order chi connectivity index (χ1) is 10.4. The molecule has 2 rings (SSSR count). The molecule has 1 atom stereocenters. The lowest BCUT2D eigenvalue weighted by Crippen LogP contribution is -2.19. The molecule has 0 aromatic heterocycles. The van der Waals surface area contributed by atoms with Gasteiger partial charge in [0.25, 0.3) is 11.3 Å². The first kappa shape index (κ1) is 16.0. The highest BCUT2D eigenvalue weighted by molar-refractivity contribution is 7.80. The van der Waals surface area contributed by atoms with Crippen molar-refractivity contribution < 1.29 is 13.6 Å². The van der Waals surface area contributed by atoms with E-state index in [1.165, 1.54) is 0 Å². The van der Waals surface area contributed by atoms with Crippen LogP contribution in [0.15, 0.2) is 42.5 Å². The minimum Gasteiger partial charge on any atom is -0.308 e. The molecule has 0 bridgehead atoms. The second-order valence-electron chi connectivity index (χ2n) is 4.88. The summed E-state index contributed by atoms with van der Waals surface area (Å²) in [7, 11) is 0. The van der Waals surface area contributed by atoms with Gasteiger partial charge in [0.05, 0.1) is 0 Å². The minimum absolute atomic E-state index is 0.351. The molecular formula is C15H17N3O3S. The van der Waals surface area contributed by atoms with Crippen molar-refractivity contribution in [2.24, 2.45) is 0 Å². The van der Waals surface area contributed by atoms with Crippen LogP contribution in [0.5, 0.6) is 0 Å². The Kier molecular flexibility index (Phi) is 5.13. The number of hydrogen-bond acceptors (Lipinski definition) is 2. The Morgan fingerprint density at radius 1 is 0.909 bits per heavy atom. The quantitative estimate of drug-likeness (QED) is 0.650. The zero-order chi connectivity index (χ0) is 16.1. The van der Waals surface area contributed by atoms with Gasteiger partial charge in [-0.2, -0.15) is 0 Å². The van der Waals surface area contributed by atoms with Crippen LogP contribution in [0, 0.1) is 13.8 Å². The average molecular weight is 319 g/mol. The van der Waals surface area contributed by atoms with Gasteiger partial charge in [-0.25, -0.2) is 9.00 Å². The van der Waals surface area contributed by atoms with E-state index >= 15 is 0 Å². The number of hydrogen-bond donors (Lipinski definition) is 4. The third-order valence-electron chi connectivity index (χ3n) is 2.83. The van der Waals surface area contributed by atoms with Crippen LogP contribution in [0.1, 0.15) is 11.1 Å². The van der Waals surface area contributed by atoms with Crippen LogP contribution in [-0.2, 0) is 11.3 Å². The molecule has 0 radical (unpaired) electrons. The lowest BCUT2D eigenvalue weighted by atomic mass is 10.1. The number of carbonyl (C=O) groups excluding carboxylic acids is 1. The van der Waals surface area contributed by atoms with Gasteiger partial charge in [0, 0.05) is 17.1 Å². The summed E-state index contributed by atoms with van der Waals surface area (Å²) in [5, 5.41) is 5.46. The smallest absolute Gasteiger partial charge is 0.308 e. The van der Waals surface area contributed by atoms with Crippen molar-refractivity contribution in [3.63, 3.8) is 0 Å². The molecule has 116 valence electrons. The van der Waals surface area contributed by atoms with Crippen molar-refractivity contribution in [2.45, 2.75) is 13.8 Å². The summed E-state index contributed by atoms with van der Waals surface area (Å²) in [6, 6.07) is 11.9. The van der Waals surface area contributed by atoms with E-state index < -0.39 is 11.3 Å². The molecule has 7 heteroatoms. The Hall–Kier alpha value is -2.38. The number of rotatable bonds is 4. The van der Waals surface area contributed by atoms with Crippen molar-refractivity contribution in [1.82, 2.24) is 0 Å². The fourth-order valence-corrected chi connectivity index (χ4v) is 2.40. The van der Waals surface area contributed by atoms with Crippen molar-refractivity contribution in [2.75, 3.05) is 15.4 Å². The number of nitrogens with one attached hydrogen (secondary N) is 3. The van der Waals surface area contributed by atoms with Crippen LogP contribution >= 0.6 is 0 Å². The van der Waals surface area contributed by atoms with Crippen molar-refractivity contribution in [3.8, 4) is 0 Å². The number of urea groups is 1. The van der Waals surface area contributed by atoms with Crippen LogP contribution in [0.25, 0.3) is 0 Å². The molecule has 0 aliphatic rings. The topological polar surface area (TPSA) is 90.5 Å². The molecule has 4 N–H and O–H groups in total. The van der Waals surface area contributed by atoms with Gasteiger partial charge in [-0.15, -0.1) is 0 Å². The van der Waals surface area contributed by atoms with Crippen LogP contribution in [0.3, 0.4) is 0 Å². The van der Waals surface area contributed by atoms with Crippen molar-refractivity contribution in [1.29, 1.82) is 0 Å². The van der Waals surface area contributed by atoms with Crippen molar-refractivity contribution in [3.05, 3.63) is 53.6 Å². The molecule has 2 aromatic rings. The molecule has 0 aliphatic carbocycles. The van der Waals surface area contributed by atoms with E-state index in [0.29, 0.717) is 11.4 Å². The monoisotopic (exact) mass is 319 g/mol. The van der Waals surface area contributed by atoms with Crippen LogP contribution in [-0.4, -0.2) is 14.8 Å². The van der Waals surface area contributed by atoms with E-state index in [4.69, 9.17) is 4.55 Å². The third kappa shape index (κ3) is 4.87. The third-order valence-corrected chi connectivity index (χ3v) is 3.24. The van der Waals surface area contributed by atoms with Crippen LogP contribution in [0.2, 0.25) is 0 Å². The van der Waals surface area contributed by atoms with E-state index in [1.54, 1.807) is 24.3 Å². The highest BCUT2D eigenvalue weighted by Gasteiger charge is 2.04. The SMILES string of the molecule is Cc1cc(C)cc(NC(=O)Nc2ccc(NS(=O)O)cc2)c1. The van der Waals surface area contributed by atoms with Gasteiger partial charge in [-0.3, -0.25) is 9.27 Å². The zero-order valence-corrected chi connectivity index (χ0v) is 13.0. The molecule has 6 nitrogen and oxygen atoms in total. The Bertz CT molecular complexity index is 681. The number of anilines is 3. The van der Waals surface area contributed by atoms with Crippen molar-refractivity contribution >= 4 is 34.4 Å². The first-order valence-electron chi connectivity index (χ1n) is 6.56. The normalized spacial score (nSPS) is 11.6. The van der Waals surface area contributed by atoms with Crippen LogP contribution in [0.4, 0.5) is 21.9 Å². The second-order valence-corrected chi connectivity index (χ2v) is 5.59. The van der Waals surface area contributed by atoms with Gasteiger partial charge in [0.2, 0.25) is 0 Å². The summed E-state index contributed by atoms with van der Waals surface area (Å²) in [5.74, 6) is 0. The molecule has 0 aliphatic heterocycles. The van der Waals surface area contributed by atoms with Crippen LogP contribution < -0.4 is 15.4 Å². The van der Waals surface area contributed by atoms with E-state index in [0.717, 1.165) is 16.8 Å². The molecule has 0 heterocycles. The largest absolute Gasteiger partial charge is 0.323 e. The summed E-state index contributed by atoms with van der Waals surface area (Å²) in [4.78, 5) is 11.9. The van der Waals surface area contributed by atoms with Gasteiger partial charge >= 0.3 is 6.03 Å².